The van der Waals surface area contributed by atoms with E-state index >= 15 is 0 Å². The van der Waals surface area contributed by atoms with Crippen molar-refractivity contribution in [2.24, 2.45) is 14.1 Å². The topological polar surface area (TPSA) is 125 Å². The van der Waals surface area contributed by atoms with Crippen molar-refractivity contribution in [2.45, 2.75) is 71.5 Å². The predicted molar refractivity (Wildman–Crippen MR) is 205 cm³/mol. The number of methoxy groups -OCH3 is 1. The molecular weight excluding hydrogens is 692 g/mol. The van der Waals surface area contributed by atoms with Gasteiger partial charge < -0.3 is 24.5 Å². The minimum atomic E-state index is -0.433. The van der Waals surface area contributed by atoms with Crippen LogP contribution in [-0.2, 0) is 73.7 Å². The van der Waals surface area contributed by atoms with Crippen molar-refractivity contribution in [3.63, 3.8) is 0 Å². The number of aromatic nitrogens is 5. The molecule has 53 heavy (non-hydrogen) atoms. The lowest BCUT2D eigenvalue weighted by Gasteiger charge is -2.16. The number of nitrogens with zero attached hydrogens (tertiary/aromatic N) is 5. The number of rotatable bonds is 13. The Kier molecular flexibility index (Phi) is 10.6. The zero-order valence-corrected chi connectivity index (χ0v) is 31.4. The first-order chi connectivity index (χ1) is 25.6. The van der Waals surface area contributed by atoms with Crippen molar-refractivity contribution >= 4 is 45.2 Å². The Bertz CT molecular complexity index is 2340. The van der Waals surface area contributed by atoms with E-state index in [4.69, 9.17) is 31.3 Å². The summed E-state index contributed by atoms with van der Waals surface area (Å²) in [6.07, 6.45) is 5.63. The van der Waals surface area contributed by atoms with Gasteiger partial charge in [-0.2, -0.15) is 10.2 Å². The van der Waals surface area contributed by atoms with E-state index in [9.17, 15) is 14.7 Å². The summed E-state index contributed by atoms with van der Waals surface area (Å²) in [7, 11) is 5.22. The average molecular weight is 737 g/mol. The van der Waals surface area contributed by atoms with Crippen LogP contribution in [0.15, 0.2) is 54.6 Å². The molecule has 0 saturated carbocycles. The van der Waals surface area contributed by atoms with Crippen LogP contribution in [0.4, 0.5) is 0 Å². The molecule has 3 aromatic carbocycles. The molecule has 7 rings (SSSR count). The lowest BCUT2D eigenvalue weighted by molar-refractivity contribution is -0.141. The average Bonchev–Trinajstić information content (AvgIpc) is 3.79. The number of phenolic OH excluding ortho intramolecular Hbond substituents is 1. The highest BCUT2D eigenvalue weighted by molar-refractivity contribution is 6.35. The molecule has 0 amide bonds. The highest BCUT2D eigenvalue weighted by Crippen LogP contribution is 2.43. The van der Waals surface area contributed by atoms with Crippen LogP contribution in [-0.4, -0.2) is 54.9 Å². The van der Waals surface area contributed by atoms with Gasteiger partial charge in [0.15, 0.2) is 0 Å². The fourth-order valence-electron chi connectivity index (χ4n) is 7.84. The summed E-state index contributed by atoms with van der Waals surface area (Å²) in [5.74, 6) is -0.462. The summed E-state index contributed by atoms with van der Waals surface area (Å²) in [4.78, 5) is 24.6. The molecule has 2 N–H and O–H groups in total. The zero-order chi connectivity index (χ0) is 37.2. The first-order valence-corrected chi connectivity index (χ1v) is 18.6. The minimum Gasteiger partial charge on any atom is -0.507 e. The molecule has 0 bridgehead atoms. The number of phenols is 1. The predicted octanol–water partition coefficient (Wildman–Crippen LogP) is 6.98. The van der Waals surface area contributed by atoms with Crippen LogP contribution in [0, 0.1) is 0 Å². The number of hydrogen-bond acceptors (Lipinski definition) is 8. The van der Waals surface area contributed by atoms with Gasteiger partial charge in [0.2, 0.25) is 0 Å². The summed E-state index contributed by atoms with van der Waals surface area (Å²) in [5, 5.41) is 27.4. The van der Waals surface area contributed by atoms with Crippen LogP contribution >= 0.6 is 11.6 Å². The zero-order valence-electron chi connectivity index (χ0n) is 30.7. The lowest BCUT2D eigenvalue weighted by atomic mass is 9.95. The molecule has 0 aliphatic carbocycles. The fourth-order valence-corrected chi connectivity index (χ4v) is 8.09. The Balaban J connectivity index is 1.15. The molecule has 0 radical (unpaired) electrons. The third-order valence-corrected chi connectivity index (χ3v) is 10.6. The Hall–Kier alpha value is -5.13. The van der Waals surface area contributed by atoms with Crippen LogP contribution in [0.2, 0.25) is 5.02 Å². The third kappa shape index (κ3) is 7.28. The van der Waals surface area contributed by atoms with E-state index in [1.807, 2.05) is 65.8 Å². The van der Waals surface area contributed by atoms with Gasteiger partial charge in [-0.3, -0.25) is 14.2 Å². The molecule has 1 aliphatic heterocycles. The van der Waals surface area contributed by atoms with Crippen molar-refractivity contribution < 1.29 is 24.2 Å². The maximum Gasteiger partial charge on any atom is 0.354 e. The van der Waals surface area contributed by atoms with Crippen LogP contribution in [0.1, 0.15) is 70.6 Å². The van der Waals surface area contributed by atoms with Gasteiger partial charge in [-0.25, -0.2) is 4.79 Å². The SMILES string of the molecule is COC(=O)c1c(CCCOC(C)=O)c2ccc(Cl)c(-c3c(CNCc4cc(CCc5cc(O)c6ccccc6c5)n(C)n4)nn4c3CCCC4)c2n1C. The minimum absolute atomic E-state index is 0.256. The number of hydrogen-bond donors (Lipinski definition) is 2. The number of fused-ring (bicyclic) bond motifs is 3. The molecule has 3 aromatic heterocycles. The van der Waals surface area contributed by atoms with E-state index in [0.717, 1.165) is 105 Å². The van der Waals surface area contributed by atoms with Crippen molar-refractivity contribution in [1.29, 1.82) is 0 Å². The van der Waals surface area contributed by atoms with Gasteiger partial charge in [0.25, 0.3) is 0 Å². The highest BCUT2D eigenvalue weighted by Gasteiger charge is 2.29. The van der Waals surface area contributed by atoms with Gasteiger partial charge in [-0.05, 0) is 79.7 Å². The van der Waals surface area contributed by atoms with Gasteiger partial charge in [-0.1, -0.05) is 48.0 Å². The second-order valence-electron chi connectivity index (χ2n) is 13.8. The maximum absolute atomic E-state index is 13.2. The first kappa shape index (κ1) is 36.2. The van der Waals surface area contributed by atoms with E-state index in [2.05, 4.69) is 22.1 Å². The van der Waals surface area contributed by atoms with E-state index in [0.29, 0.717) is 42.4 Å². The molecule has 0 saturated heterocycles. The van der Waals surface area contributed by atoms with Gasteiger partial charge >= 0.3 is 11.9 Å². The Morgan fingerprint density at radius 3 is 2.60 bits per heavy atom. The standard InChI is InChI=1S/C41H45ClN6O5/c1-25(49)53-19-9-12-31-32-16-17-33(42)37(39(32)46(2)40(31)41(51)52-4)38-34(45-48-18-8-7-13-35(38)48)24-43-23-28-22-29(47(3)44-28)15-14-26-20-27-10-5-6-11-30(27)36(50)21-26/h5-6,10-11,16-17,20-22,43,50H,7-9,12-15,18-19,23-24H2,1-4H3. The van der Waals surface area contributed by atoms with Gasteiger partial charge in [0.1, 0.15) is 11.4 Å². The number of carbonyl (C=O) groups excluding carboxylic acids is 2. The molecule has 276 valence electrons. The summed E-state index contributed by atoms with van der Waals surface area (Å²) in [5.41, 5.74) is 9.13. The second kappa shape index (κ2) is 15.5. The number of esters is 2. The van der Waals surface area contributed by atoms with Crippen LogP contribution in [0.3, 0.4) is 0 Å². The molecule has 4 heterocycles. The summed E-state index contributed by atoms with van der Waals surface area (Å²) < 4.78 is 16.4. The Morgan fingerprint density at radius 2 is 1.79 bits per heavy atom. The molecular formula is C41H45ClN6O5. The van der Waals surface area contributed by atoms with E-state index in [1.54, 1.807) is 0 Å². The normalized spacial score (nSPS) is 12.8. The number of aryl methyl sites for hydroxylation is 6. The number of benzene rings is 3. The number of aromatic hydroxyl groups is 1. The highest BCUT2D eigenvalue weighted by atomic mass is 35.5. The Morgan fingerprint density at radius 1 is 0.962 bits per heavy atom. The fraction of sp³-hybridized carbons (Fsp3) is 0.366. The van der Waals surface area contributed by atoms with Crippen LogP contribution in [0.25, 0.3) is 32.8 Å². The van der Waals surface area contributed by atoms with Crippen LogP contribution in [0.5, 0.6) is 5.75 Å². The van der Waals surface area contributed by atoms with Gasteiger partial charge in [0.05, 0.1) is 35.6 Å². The molecule has 12 heteroatoms. The maximum atomic E-state index is 13.2. The molecule has 6 aromatic rings. The van der Waals surface area contributed by atoms with Crippen molar-refractivity contribution in [3.8, 4) is 16.9 Å². The summed E-state index contributed by atoms with van der Waals surface area (Å²) in [6.45, 7) is 3.52. The molecule has 0 unspecified atom stereocenters. The first-order valence-electron chi connectivity index (χ1n) is 18.2. The molecule has 0 fully saturated rings. The van der Waals surface area contributed by atoms with E-state index in [1.165, 1.54) is 14.0 Å². The Labute approximate surface area is 313 Å². The van der Waals surface area contributed by atoms with Crippen LogP contribution < -0.4 is 5.32 Å². The smallest absolute Gasteiger partial charge is 0.354 e. The van der Waals surface area contributed by atoms with E-state index in [-0.39, 0.29) is 12.6 Å². The van der Waals surface area contributed by atoms with Gasteiger partial charge in [0, 0.05) is 73.9 Å². The number of carbonyl (C=O) groups is 2. The third-order valence-electron chi connectivity index (χ3n) is 10.3. The largest absolute Gasteiger partial charge is 0.507 e. The van der Waals surface area contributed by atoms with Crippen molar-refractivity contribution in [3.05, 3.63) is 99.2 Å². The molecule has 1 aliphatic rings. The number of ether oxygens (including phenoxy) is 2. The molecule has 11 nitrogen and oxygen atoms in total. The molecule has 0 atom stereocenters. The quantitative estimate of drug-likeness (QED) is 0.0962. The lowest BCUT2D eigenvalue weighted by Crippen LogP contribution is -2.15. The second-order valence-corrected chi connectivity index (χ2v) is 14.2. The van der Waals surface area contributed by atoms with E-state index < -0.39 is 5.97 Å². The monoisotopic (exact) mass is 736 g/mol. The number of halogens is 1. The summed E-state index contributed by atoms with van der Waals surface area (Å²) >= 11 is 7.11. The molecule has 0 spiro atoms. The van der Waals surface area contributed by atoms with Crippen molar-refractivity contribution in [2.75, 3.05) is 13.7 Å². The summed E-state index contributed by atoms with van der Waals surface area (Å²) in [6, 6.07) is 17.9. The van der Waals surface area contributed by atoms with Gasteiger partial charge in [-0.15, -0.1) is 0 Å². The van der Waals surface area contributed by atoms with Crippen molar-refractivity contribution in [1.82, 2.24) is 29.4 Å². The number of nitrogens with one attached hydrogen (secondary N) is 1.